The fourth-order valence-electron chi connectivity index (χ4n) is 2.38. The molecule has 0 saturated heterocycles. The molecule has 2 rings (SSSR count). The van der Waals surface area contributed by atoms with Crippen molar-refractivity contribution in [2.75, 3.05) is 13.2 Å². The van der Waals surface area contributed by atoms with Crippen molar-refractivity contribution in [1.82, 2.24) is 10.9 Å². The zero-order valence-electron chi connectivity index (χ0n) is 15.5. The smallest absolute Gasteiger partial charge is 0.276 e. The summed E-state index contributed by atoms with van der Waals surface area (Å²) in [5.41, 5.74) is 6.13. The molecule has 7 heteroatoms. The van der Waals surface area contributed by atoms with Crippen molar-refractivity contribution in [1.29, 1.82) is 0 Å². The number of carbonyl (C=O) groups is 2. The zero-order chi connectivity index (χ0) is 19.8. The van der Waals surface area contributed by atoms with Crippen molar-refractivity contribution >= 4 is 27.7 Å². The lowest BCUT2D eigenvalue weighted by Crippen LogP contribution is -2.43. The molecular weight excluding hydrogens is 412 g/mol. The fraction of sp³-hybridized carbons (Fsp3) is 0.300. The number of amides is 2. The number of ether oxygens (including phenoxy) is 2. The van der Waals surface area contributed by atoms with Crippen LogP contribution in [0.5, 0.6) is 11.5 Å². The molecule has 0 aliphatic carbocycles. The van der Waals surface area contributed by atoms with Crippen LogP contribution in [-0.2, 0) is 4.79 Å². The van der Waals surface area contributed by atoms with Crippen LogP contribution in [0.15, 0.2) is 46.9 Å². The van der Waals surface area contributed by atoms with Crippen molar-refractivity contribution in [3.63, 3.8) is 0 Å². The molecule has 0 radical (unpaired) electrons. The minimum absolute atomic E-state index is 0.197. The third-order valence-electron chi connectivity index (χ3n) is 3.71. The number of hydrogen-bond donors (Lipinski definition) is 2. The second kappa shape index (κ2) is 9.97. The Morgan fingerprint density at radius 1 is 1.04 bits per heavy atom. The molecule has 27 heavy (non-hydrogen) atoms. The Hall–Kier alpha value is -2.54. The van der Waals surface area contributed by atoms with Gasteiger partial charge in [0.15, 0.2) is 6.61 Å². The Kier molecular flexibility index (Phi) is 7.67. The van der Waals surface area contributed by atoms with Crippen LogP contribution in [0.25, 0.3) is 0 Å². The van der Waals surface area contributed by atoms with Gasteiger partial charge in [-0.15, -0.1) is 0 Å². The van der Waals surface area contributed by atoms with E-state index in [1.165, 1.54) is 0 Å². The SMILES string of the molecule is CCOc1ccc(C(=O)NNC(=O)COc2ccccc2C(C)C)cc1Br. The Balaban J connectivity index is 1.87. The Bertz CT molecular complexity index is 808. The van der Waals surface area contributed by atoms with Crippen LogP contribution in [0.4, 0.5) is 0 Å². The number of benzene rings is 2. The van der Waals surface area contributed by atoms with Gasteiger partial charge in [0.05, 0.1) is 11.1 Å². The zero-order valence-corrected chi connectivity index (χ0v) is 17.1. The quantitative estimate of drug-likeness (QED) is 0.649. The van der Waals surface area contributed by atoms with Crippen molar-refractivity contribution in [3.05, 3.63) is 58.1 Å². The maximum atomic E-state index is 12.2. The summed E-state index contributed by atoms with van der Waals surface area (Å²) in [7, 11) is 0. The standard InChI is InChI=1S/C20H23BrN2O4/c1-4-26-18-10-9-14(11-16(18)21)20(25)23-22-19(24)12-27-17-8-6-5-7-15(17)13(2)3/h5-11,13H,4,12H2,1-3H3,(H,22,24)(H,23,25). The highest BCUT2D eigenvalue weighted by Crippen LogP contribution is 2.26. The van der Waals surface area contributed by atoms with E-state index in [2.05, 4.69) is 40.6 Å². The number of hydrazine groups is 1. The molecule has 2 amide bonds. The first kappa shape index (κ1) is 20.8. The number of para-hydroxylation sites is 1. The van der Waals surface area contributed by atoms with Crippen molar-refractivity contribution < 1.29 is 19.1 Å². The van der Waals surface area contributed by atoms with E-state index in [-0.39, 0.29) is 12.5 Å². The molecule has 144 valence electrons. The lowest BCUT2D eigenvalue weighted by Gasteiger charge is -2.14. The van der Waals surface area contributed by atoms with E-state index in [1.807, 2.05) is 31.2 Å². The van der Waals surface area contributed by atoms with E-state index in [0.717, 1.165) is 5.56 Å². The molecule has 0 heterocycles. The molecule has 0 bridgehead atoms. The highest BCUT2D eigenvalue weighted by molar-refractivity contribution is 9.10. The Morgan fingerprint density at radius 2 is 1.78 bits per heavy atom. The predicted molar refractivity (Wildman–Crippen MR) is 107 cm³/mol. The number of nitrogens with one attached hydrogen (secondary N) is 2. The molecule has 0 aromatic heterocycles. The molecule has 0 saturated carbocycles. The van der Waals surface area contributed by atoms with E-state index >= 15 is 0 Å². The van der Waals surface area contributed by atoms with Crippen molar-refractivity contribution in [2.45, 2.75) is 26.7 Å². The molecular formula is C20H23BrN2O4. The van der Waals surface area contributed by atoms with E-state index in [0.29, 0.717) is 28.1 Å². The minimum Gasteiger partial charge on any atom is -0.493 e. The molecule has 2 aromatic rings. The monoisotopic (exact) mass is 434 g/mol. The molecule has 6 nitrogen and oxygen atoms in total. The van der Waals surface area contributed by atoms with E-state index in [9.17, 15) is 9.59 Å². The van der Waals surface area contributed by atoms with Gasteiger partial charge in [0.2, 0.25) is 0 Å². The summed E-state index contributed by atoms with van der Waals surface area (Å²) in [5, 5.41) is 0. The second-order valence-electron chi connectivity index (χ2n) is 6.06. The maximum absolute atomic E-state index is 12.2. The average molecular weight is 435 g/mol. The van der Waals surface area contributed by atoms with Gasteiger partial charge < -0.3 is 9.47 Å². The summed E-state index contributed by atoms with van der Waals surface area (Å²) in [4.78, 5) is 24.1. The van der Waals surface area contributed by atoms with E-state index in [1.54, 1.807) is 18.2 Å². The Morgan fingerprint density at radius 3 is 2.44 bits per heavy atom. The summed E-state index contributed by atoms with van der Waals surface area (Å²) < 4.78 is 11.6. The molecule has 0 atom stereocenters. The van der Waals surface area contributed by atoms with Crippen LogP contribution in [-0.4, -0.2) is 25.0 Å². The van der Waals surface area contributed by atoms with Gasteiger partial charge in [-0.05, 0) is 58.6 Å². The van der Waals surface area contributed by atoms with E-state index in [4.69, 9.17) is 9.47 Å². The summed E-state index contributed by atoms with van der Waals surface area (Å²) in [6.07, 6.45) is 0. The lowest BCUT2D eigenvalue weighted by molar-refractivity contribution is -0.123. The minimum atomic E-state index is -0.452. The second-order valence-corrected chi connectivity index (χ2v) is 6.92. The van der Waals surface area contributed by atoms with Crippen LogP contribution in [0.2, 0.25) is 0 Å². The topological polar surface area (TPSA) is 76.7 Å². The molecule has 2 N–H and O–H groups in total. The number of carbonyl (C=O) groups excluding carboxylic acids is 2. The predicted octanol–water partition coefficient (Wildman–Crippen LogP) is 3.81. The van der Waals surface area contributed by atoms with Gasteiger partial charge in [0.25, 0.3) is 11.8 Å². The molecule has 0 aliphatic heterocycles. The van der Waals surface area contributed by atoms with Gasteiger partial charge in [-0.2, -0.15) is 0 Å². The number of hydrogen-bond acceptors (Lipinski definition) is 4. The van der Waals surface area contributed by atoms with Gasteiger partial charge in [0, 0.05) is 5.56 Å². The third-order valence-corrected chi connectivity index (χ3v) is 4.33. The first-order chi connectivity index (χ1) is 12.9. The first-order valence-corrected chi connectivity index (χ1v) is 9.45. The van der Waals surface area contributed by atoms with Gasteiger partial charge in [-0.3, -0.25) is 20.4 Å². The van der Waals surface area contributed by atoms with Crippen molar-refractivity contribution in [2.24, 2.45) is 0 Å². The molecule has 2 aromatic carbocycles. The normalized spacial score (nSPS) is 10.4. The van der Waals surface area contributed by atoms with Gasteiger partial charge in [-0.25, -0.2) is 0 Å². The highest BCUT2D eigenvalue weighted by atomic mass is 79.9. The van der Waals surface area contributed by atoms with Gasteiger partial charge in [0.1, 0.15) is 11.5 Å². The maximum Gasteiger partial charge on any atom is 0.276 e. The van der Waals surface area contributed by atoms with Gasteiger partial charge in [-0.1, -0.05) is 32.0 Å². The largest absolute Gasteiger partial charge is 0.493 e. The lowest BCUT2D eigenvalue weighted by atomic mass is 10.0. The molecule has 0 aliphatic rings. The van der Waals surface area contributed by atoms with Crippen LogP contribution in [0.1, 0.15) is 42.6 Å². The number of halogens is 1. The average Bonchev–Trinajstić information content (AvgIpc) is 2.66. The first-order valence-electron chi connectivity index (χ1n) is 8.65. The third kappa shape index (κ3) is 5.99. The Labute approximate surface area is 167 Å². The van der Waals surface area contributed by atoms with Crippen LogP contribution < -0.4 is 20.3 Å². The van der Waals surface area contributed by atoms with Crippen LogP contribution >= 0.6 is 15.9 Å². The number of rotatable bonds is 7. The van der Waals surface area contributed by atoms with Crippen LogP contribution in [0.3, 0.4) is 0 Å². The summed E-state index contributed by atoms with van der Waals surface area (Å²) in [5.74, 6) is 0.698. The molecule has 0 fully saturated rings. The molecule has 0 unspecified atom stereocenters. The fourth-order valence-corrected chi connectivity index (χ4v) is 2.87. The summed E-state index contributed by atoms with van der Waals surface area (Å²) >= 11 is 3.35. The van der Waals surface area contributed by atoms with Crippen LogP contribution in [0, 0.1) is 0 Å². The molecule has 0 spiro atoms. The summed E-state index contributed by atoms with van der Waals surface area (Å²) in [6, 6.07) is 12.5. The van der Waals surface area contributed by atoms with E-state index < -0.39 is 11.8 Å². The van der Waals surface area contributed by atoms with Gasteiger partial charge >= 0.3 is 0 Å². The summed E-state index contributed by atoms with van der Waals surface area (Å²) in [6.45, 7) is 6.32. The van der Waals surface area contributed by atoms with Crippen molar-refractivity contribution in [3.8, 4) is 11.5 Å². The highest BCUT2D eigenvalue weighted by Gasteiger charge is 2.12.